The maximum absolute atomic E-state index is 14.2. The first-order chi connectivity index (χ1) is 22.3. The molecule has 0 bridgehead atoms. The van der Waals surface area contributed by atoms with Crippen LogP contribution in [0.2, 0.25) is 0 Å². The third-order valence-electron chi connectivity index (χ3n) is 8.52. The molecule has 3 amide bonds. The van der Waals surface area contributed by atoms with E-state index < -0.39 is 47.9 Å². The fourth-order valence-electron chi connectivity index (χ4n) is 6.12. The molecule has 0 saturated carbocycles. The van der Waals surface area contributed by atoms with Gasteiger partial charge in [-0.2, -0.15) is 0 Å². The number of amides is 3. The number of ether oxygens (including phenoxy) is 1. The third kappa shape index (κ3) is 9.37. The number of esters is 1. The summed E-state index contributed by atoms with van der Waals surface area (Å²) in [5, 5.41) is 16.4. The molecule has 250 valence electrons. The van der Waals surface area contributed by atoms with Gasteiger partial charge in [0.15, 0.2) is 0 Å². The molecule has 11 heteroatoms. The Morgan fingerprint density at radius 2 is 1.62 bits per heavy atom. The number of likely N-dealkylation sites (N-methyl/N-ethyl adjacent to an activating group) is 1. The number of allylic oxidation sites excluding steroid dienone is 2. The molecule has 11 nitrogen and oxygen atoms in total. The molecule has 0 radical (unpaired) electrons. The van der Waals surface area contributed by atoms with Crippen LogP contribution in [0.1, 0.15) is 71.2 Å². The number of cyclic esters (lactones) is 1. The molecular formula is C36H45N5O6. The predicted molar refractivity (Wildman–Crippen MR) is 178 cm³/mol. The van der Waals surface area contributed by atoms with Crippen LogP contribution >= 0.6 is 0 Å². The lowest BCUT2D eigenvalue weighted by Gasteiger charge is -2.31. The van der Waals surface area contributed by atoms with Gasteiger partial charge >= 0.3 is 5.97 Å². The Kier molecular flexibility index (Phi) is 11.7. The van der Waals surface area contributed by atoms with Crippen molar-refractivity contribution < 1.29 is 29.0 Å². The van der Waals surface area contributed by atoms with Gasteiger partial charge in [0.05, 0.1) is 29.8 Å². The maximum atomic E-state index is 14.2. The number of benzene rings is 2. The van der Waals surface area contributed by atoms with Crippen molar-refractivity contribution in [2.45, 2.75) is 84.5 Å². The number of phenolic OH excluding ortho intramolecular Hbond substituents is 1. The van der Waals surface area contributed by atoms with E-state index >= 15 is 0 Å². The summed E-state index contributed by atoms with van der Waals surface area (Å²) in [5.74, 6) is -2.03. The molecule has 3 N–H and O–H groups in total. The van der Waals surface area contributed by atoms with Crippen LogP contribution in [0.3, 0.4) is 0 Å². The second-order valence-electron chi connectivity index (χ2n) is 12.7. The number of phenols is 1. The molecule has 2 aromatic carbocycles. The van der Waals surface area contributed by atoms with Crippen molar-refractivity contribution in [3.05, 3.63) is 77.8 Å². The van der Waals surface area contributed by atoms with Gasteiger partial charge in [0.2, 0.25) is 17.7 Å². The quantitative estimate of drug-likeness (QED) is 0.281. The van der Waals surface area contributed by atoms with Crippen LogP contribution in [-0.4, -0.2) is 68.9 Å². The highest BCUT2D eigenvalue weighted by atomic mass is 16.5. The van der Waals surface area contributed by atoms with E-state index in [1.165, 1.54) is 30.4 Å². The molecule has 0 spiro atoms. The second kappa shape index (κ2) is 15.7. The fraction of sp³-hybridized carbons (Fsp3) is 0.444. The van der Waals surface area contributed by atoms with Crippen molar-refractivity contribution >= 4 is 34.6 Å². The standard InChI is InChI=1S/C36H45N5O6/c1-21-15-22(2)17-24(4)47-33(43)19-30(26-11-13-27(42)14-12-26)40-35(45)32(18-31-28-9-7-8-10-29(28)37-20-38-31)41(6)36(46)25(5)39-34(44)23(3)16-21/h7-15,20,22-25,30,32,42H,16-19H2,1-6H3,(H,39,44)(H,40,45)/b21-15+/t22-,23-,24-,25?,30+,32+/m0/s1. The van der Waals surface area contributed by atoms with Gasteiger partial charge in [-0.25, -0.2) is 9.97 Å². The molecule has 6 atom stereocenters. The van der Waals surface area contributed by atoms with Gasteiger partial charge in [-0.3, -0.25) is 19.2 Å². The lowest BCUT2D eigenvalue weighted by molar-refractivity contribution is -0.149. The average Bonchev–Trinajstić information content (AvgIpc) is 3.02. The Morgan fingerprint density at radius 1 is 0.915 bits per heavy atom. The number of nitrogens with one attached hydrogen (secondary N) is 2. The average molecular weight is 644 g/mol. The zero-order valence-electron chi connectivity index (χ0n) is 27.9. The van der Waals surface area contributed by atoms with Crippen LogP contribution in [0.15, 0.2) is 66.5 Å². The largest absolute Gasteiger partial charge is 0.508 e. The van der Waals surface area contributed by atoms with Crippen LogP contribution in [-0.2, 0) is 30.3 Å². The summed E-state index contributed by atoms with van der Waals surface area (Å²) in [4.78, 5) is 64.6. The highest BCUT2D eigenvalue weighted by Crippen LogP contribution is 2.24. The Morgan fingerprint density at radius 3 is 2.34 bits per heavy atom. The Balaban J connectivity index is 1.74. The summed E-state index contributed by atoms with van der Waals surface area (Å²) in [7, 11) is 1.52. The lowest BCUT2D eigenvalue weighted by Crippen LogP contribution is -2.55. The smallest absolute Gasteiger partial charge is 0.308 e. The highest BCUT2D eigenvalue weighted by Gasteiger charge is 2.34. The van der Waals surface area contributed by atoms with E-state index in [1.807, 2.05) is 52.0 Å². The highest BCUT2D eigenvalue weighted by molar-refractivity contribution is 5.93. The van der Waals surface area contributed by atoms with Gasteiger partial charge < -0.3 is 25.4 Å². The Bertz CT molecular complexity index is 1620. The van der Waals surface area contributed by atoms with Crippen molar-refractivity contribution in [1.82, 2.24) is 25.5 Å². The predicted octanol–water partition coefficient (Wildman–Crippen LogP) is 4.40. The van der Waals surface area contributed by atoms with Crippen molar-refractivity contribution in [3.63, 3.8) is 0 Å². The molecular weight excluding hydrogens is 598 g/mol. The number of hydrogen-bond donors (Lipinski definition) is 3. The number of aromatic nitrogens is 2. The van der Waals surface area contributed by atoms with Crippen molar-refractivity contribution in [3.8, 4) is 5.75 Å². The van der Waals surface area contributed by atoms with Gasteiger partial charge in [-0.15, -0.1) is 0 Å². The Labute approximate surface area is 275 Å². The summed E-state index contributed by atoms with van der Waals surface area (Å²) in [6.45, 7) is 9.22. The monoisotopic (exact) mass is 643 g/mol. The normalized spacial score (nSPS) is 27.0. The van der Waals surface area contributed by atoms with E-state index in [0.29, 0.717) is 29.6 Å². The number of carbonyl (C=O) groups excluding carboxylic acids is 4. The molecule has 4 rings (SSSR count). The molecule has 1 aliphatic rings. The zero-order chi connectivity index (χ0) is 34.2. The zero-order valence-corrected chi connectivity index (χ0v) is 27.9. The van der Waals surface area contributed by atoms with Crippen LogP contribution in [0, 0.1) is 11.8 Å². The first-order valence-electron chi connectivity index (χ1n) is 16.0. The number of hydrogen-bond acceptors (Lipinski definition) is 8. The van der Waals surface area contributed by atoms with E-state index in [4.69, 9.17) is 4.74 Å². The third-order valence-corrected chi connectivity index (χ3v) is 8.52. The first kappa shape index (κ1) is 35.1. The van der Waals surface area contributed by atoms with E-state index in [0.717, 1.165) is 11.0 Å². The SMILES string of the molecule is C/C1=C\[C@H](C)C[C@H](C)OC(=O)C[C@H](c2ccc(O)cc2)NC(=O)[C@@H](Cc2ncnc3ccccc23)N(C)C(=O)C(C)NC(=O)[C@@H](C)C1. The minimum atomic E-state index is -1.07. The maximum Gasteiger partial charge on any atom is 0.308 e. The summed E-state index contributed by atoms with van der Waals surface area (Å²) in [5.41, 5.74) is 2.85. The molecule has 47 heavy (non-hydrogen) atoms. The molecule has 1 unspecified atom stereocenters. The van der Waals surface area contributed by atoms with E-state index in [-0.39, 0.29) is 30.4 Å². The number of para-hydroxylation sites is 1. The van der Waals surface area contributed by atoms with Crippen LogP contribution < -0.4 is 10.6 Å². The van der Waals surface area contributed by atoms with Gasteiger partial charge in [0.25, 0.3) is 0 Å². The fourth-order valence-corrected chi connectivity index (χ4v) is 6.12. The minimum Gasteiger partial charge on any atom is -0.508 e. The van der Waals surface area contributed by atoms with Gasteiger partial charge in [-0.05, 0) is 63.3 Å². The number of carbonyl (C=O) groups is 4. The number of nitrogens with zero attached hydrogens (tertiary/aromatic N) is 3. The molecule has 3 aromatic rings. The van der Waals surface area contributed by atoms with Gasteiger partial charge in [-0.1, -0.05) is 55.8 Å². The summed E-state index contributed by atoms with van der Waals surface area (Å²) in [6.07, 6.45) is 4.04. The molecule has 0 saturated heterocycles. The molecule has 0 fully saturated rings. The Hall–Kier alpha value is -4.80. The van der Waals surface area contributed by atoms with Crippen molar-refractivity contribution in [2.24, 2.45) is 11.8 Å². The second-order valence-corrected chi connectivity index (χ2v) is 12.7. The minimum absolute atomic E-state index is 0.0360. The van der Waals surface area contributed by atoms with Crippen LogP contribution in [0.5, 0.6) is 5.75 Å². The summed E-state index contributed by atoms with van der Waals surface area (Å²) >= 11 is 0. The molecule has 2 heterocycles. The number of rotatable bonds is 3. The lowest BCUT2D eigenvalue weighted by atomic mass is 9.95. The summed E-state index contributed by atoms with van der Waals surface area (Å²) < 4.78 is 5.78. The van der Waals surface area contributed by atoms with Gasteiger partial charge in [0.1, 0.15) is 24.2 Å². The molecule has 1 aliphatic heterocycles. The topological polar surface area (TPSA) is 151 Å². The van der Waals surface area contributed by atoms with E-state index in [1.54, 1.807) is 19.1 Å². The van der Waals surface area contributed by atoms with Crippen molar-refractivity contribution in [2.75, 3.05) is 7.05 Å². The molecule has 1 aromatic heterocycles. The van der Waals surface area contributed by atoms with Crippen LogP contribution in [0.25, 0.3) is 10.9 Å². The van der Waals surface area contributed by atoms with Gasteiger partial charge in [0, 0.05) is 24.8 Å². The molecule has 0 aliphatic carbocycles. The van der Waals surface area contributed by atoms with Crippen LogP contribution in [0.4, 0.5) is 0 Å². The van der Waals surface area contributed by atoms with E-state index in [9.17, 15) is 24.3 Å². The number of fused-ring (bicyclic) bond motifs is 1. The first-order valence-corrected chi connectivity index (χ1v) is 16.0. The number of aromatic hydroxyl groups is 1. The van der Waals surface area contributed by atoms with Crippen molar-refractivity contribution in [1.29, 1.82) is 0 Å². The van der Waals surface area contributed by atoms with E-state index in [2.05, 4.69) is 26.7 Å². The summed E-state index contributed by atoms with van der Waals surface area (Å²) in [6, 6.07) is 10.8.